The number of nitrogens with zero attached hydrogens (tertiary/aromatic N) is 1. The summed E-state index contributed by atoms with van der Waals surface area (Å²) in [5.74, 6) is 0. The van der Waals surface area contributed by atoms with Crippen LogP contribution in [0.4, 0.5) is 5.69 Å². The van der Waals surface area contributed by atoms with Gasteiger partial charge in [-0.3, -0.25) is 0 Å². The summed E-state index contributed by atoms with van der Waals surface area (Å²) in [6.07, 6.45) is 2.45. The average Bonchev–Trinajstić information content (AvgIpc) is 2.05. The van der Waals surface area contributed by atoms with Crippen molar-refractivity contribution in [3.8, 4) is 6.07 Å². The van der Waals surface area contributed by atoms with Crippen LogP contribution in [0.5, 0.6) is 0 Å². The Hall–Kier alpha value is -1.75. The maximum atomic E-state index is 8.71. The minimum atomic E-state index is 0.670. The van der Waals surface area contributed by atoms with E-state index in [0.717, 1.165) is 5.56 Å². The van der Waals surface area contributed by atoms with Gasteiger partial charge in [0.25, 0.3) is 0 Å². The molecule has 0 aromatic heterocycles. The van der Waals surface area contributed by atoms with E-state index in [1.54, 1.807) is 24.3 Å². The van der Waals surface area contributed by atoms with E-state index >= 15 is 0 Å². The van der Waals surface area contributed by atoms with Crippen LogP contribution in [0, 0.1) is 11.3 Å². The normalized spacial score (nSPS) is 8.92. The number of hydrogen-bond acceptors (Lipinski definition) is 2. The van der Waals surface area contributed by atoms with Crippen molar-refractivity contribution in [3.05, 3.63) is 42.0 Å². The first-order chi connectivity index (χ1) is 5.77. The van der Waals surface area contributed by atoms with Crippen molar-refractivity contribution < 1.29 is 0 Å². The highest BCUT2D eigenvalue weighted by atomic mass is 14.5. The van der Waals surface area contributed by atoms with Crippen molar-refractivity contribution in [2.45, 2.75) is 6.42 Å². The summed E-state index contributed by atoms with van der Waals surface area (Å²) < 4.78 is 0. The number of benzene rings is 1. The van der Waals surface area contributed by atoms with Gasteiger partial charge in [0, 0.05) is 5.69 Å². The van der Waals surface area contributed by atoms with Gasteiger partial charge in [0.05, 0.1) is 11.6 Å². The molecule has 12 heavy (non-hydrogen) atoms. The molecule has 0 radical (unpaired) electrons. The molecule has 0 unspecified atom stereocenters. The monoisotopic (exact) mass is 158 g/mol. The standard InChI is InChI=1S/C10H10N2/c1-2-3-8-6-10(12)5-4-9(8)7-11/h2,4-6H,1,3,12H2. The van der Waals surface area contributed by atoms with Gasteiger partial charge >= 0.3 is 0 Å². The Bertz CT molecular complexity index is 334. The predicted molar refractivity (Wildman–Crippen MR) is 49.5 cm³/mol. The predicted octanol–water partition coefficient (Wildman–Crippen LogP) is 1.87. The third-order valence-corrected chi connectivity index (χ3v) is 1.61. The van der Waals surface area contributed by atoms with Gasteiger partial charge in [0.2, 0.25) is 0 Å². The molecule has 0 bridgehead atoms. The van der Waals surface area contributed by atoms with Crippen molar-refractivity contribution in [2.24, 2.45) is 0 Å². The largest absolute Gasteiger partial charge is 0.399 e. The number of anilines is 1. The molecule has 0 aliphatic rings. The molecule has 1 aromatic carbocycles. The van der Waals surface area contributed by atoms with E-state index in [0.29, 0.717) is 17.7 Å². The van der Waals surface area contributed by atoms with Crippen LogP contribution in [0.2, 0.25) is 0 Å². The fourth-order valence-electron chi connectivity index (χ4n) is 1.05. The number of rotatable bonds is 2. The Morgan fingerprint density at radius 3 is 2.92 bits per heavy atom. The summed E-state index contributed by atoms with van der Waals surface area (Å²) >= 11 is 0. The second-order valence-corrected chi connectivity index (χ2v) is 2.52. The van der Waals surface area contributed by atoms with E-state index in [4.69, 9.17) is 11.0 Å². The molecule has 0 fully saturated rings. The maximum Gasteiger partial charge on any atom is 0.0994 e. The highest BCUT2D eigenvalue weighted by Gasteiger charge is 1.99. The molecule has 0 aliphatic carbocycles. The van der Waals surface area contributed by atoms with E-state index in [-0.39, 0.29) is 0 Å². The van der Waals surface area contributed by atoms with E-state index in [1.807, 2.05) is 0 Å². The van der Waals surface area contributed by atoms with Crippen molar-refractivity contribution in [1.29, 1.82) is 5.26 Å². The SMILES string of the molecule is C=CCc1cc(N)ccc1C#N. The molecular formula is C10H10N2. The molecular weight excluding hydrogens is 148 g/mol. The molecule has 0 amide bonds. The van der Waals surface area contributed by atoms with E-state index in [2.05, 4.69) is 12.6 Å². The molecule has 0 heterocycles. The van der Waals surface area contributed by atoms with Gasteiger partial charge in [-0.2, -0.15) is 5.26 Å². The number of hydrogen-bond donors (Lipinski definition) is 1. The van der Waals surface area contributed by atoms with E-state index < -0.39 is 0 Å². The van der Waals surface area contributed by atoms with Crippen LogP contribution in [0.15, 0.2) is 30.9 Å². The van der Waals surface area contributed by atoms with Crippen molar-refractivity contribution in [3.63, 3.8) is 0 Å². The van der Waals surface area contributed by atoms with Crippen LogP contribution in [-0.4, -0.2) is 0 Å². The molecule has 0 saturated heterocycles. The van der Waals surface area contributed by atoms with Crippen molar-refractivity contribution >= 4 is 5.69 Å². The fraction of sp³-hybridized carbons (Fsp3) is 0.100. The lowest BCUT2D eigenvalue weighted by molar-refractivity contribution is 1.25. The maximum absolute atomic E-state index is 8.71. The zero-order valence-electron chi connectivity index (χ0n) is 6.75. The van der Waals surface area contributed by atoms with E-state index in [9.17, 15) is 0 Å². The summed E-state index contributed by atoms with van der Waals surface area (Å²) in [5.41, 5.74) is 7.86. The molecule has 0 aliphatic heterocycles. The van der Waals surface area contributed by atoms with Gasteiger partial charge in [-0.15, -0.1) is 6.58 Å². The lowest BCUT2D eigenvalue weighted by Gasteiger charge is -2.00. The number of nitriles is 1. The van der Waals surface area contributed by atoms with Gasteiger partial charge in [-0.25, -0.2) is 0 Å². The summed E-state index contributed by atoms with van der Waals surface area (Å²) in [5, 5.41) is 8.71. The summed E-state index contributed by atoms with van der Waals surface area (Å²) in [4.78, 5) is 0. The van der Waals surface area contributed by atoms with Crippen LogP contribution in [-0.2, 0) is 6.42 Å². The lowest BCUT2D eigenvalue weighted by atomic mass is 10.0. The zero-order chi connectivity index (χ0) is 8.97. The van der Waals surface area contributed by atoms with Crippen LogP contribution in [0.1, 0.15) is 11.1 Å². The molecule has 0 atom stereocenters. The molecule has 2 nitrogen and oxygen atoms in total. The van der Waals surface area contributed by atoms with Gasteiger partial charge in [-0.05, 0) is 30.2 Å². The first kappa shape index (κ1) is 8.35. The lowest BCUT2D eigenvalue weighted by Crippen LogP contribution is -1.91. The summed E-state index contributed by atoms with van der Waals surface area (Å²) in [7, 11) is 0. The highest BCUT2D eigenvalue weighted by molar-refractivity contribution is 5.49. The molecule has 2 N–H and O–H groups in total. The Balaban J connectivity index is 3.14. The Labute approximate surface area is 71.9 Å². The molecule has 0 saturated carbocycles. The molecule has 60 valence electrons. The van der Waals surface area contributed by atoms with Crippen molar-refractivity contribution in [2.75, 3.05) is 5.73 Å². The Morgan fingerprint density at radius 2 is 2.33 bits per heavy atom. The average molecular weight is 158 g/mol. The third kappa shape index (κ3) is 1.64. The summed E-state index contributed by atoms with van der Waals surface area (Å²) in [6, 6.07) is 7.37. The first-order valence-corrected chi connectivity index (χ1v) is 3.67. The summed E-state index contributed by atoms with van der Waals surface area (Å²) in [6.45, 7) is 3.61. The third-order valence-electron chi connectivity index (χ3n) is 1.61. The first-order valence-electron chi connectivity index (χ1n) is 3.67. The van der Waals surface area contributed by atoms with Crippen LogP contribution in [0.25, 0.3) is 0 Å². The van der Waals surface area contributed by atoms with Crippen LogP contribution in [0.3, 0.4) is 0 Å². The van der Waals surface area contributed by atoms with Gasteiger partial charge in [0.1, 0.15) is 0 Å². The minimum Gasteiger partial charge on any atom is -0.399 e. The Kier molecular flexibility index (Phi) is 2.49. The molecule has 0 spiro atoms. The van der Waals surface area contributed by atoms with Crippen molar-refractivity contribution in [1.82, 2.24) is 0 Å². The molecule has 1 rings (SSSR count). The topological polar surface area (TPSA) is 49.8 Å². The van der Waals surface area contributed by atoms with Gasteiger partial charge < -0.3 is 5.73 Å². The second-order valence-electron chi connectivity index (χ2n) is 2.52. The minimum absolute atomic E-state index is 0.670. The number of nitrogens with two attached hydrogens (primary N) is 1. The smallest absolute Gasteiger partial charge is 0.0994 e. The van der Waals surface area contributed by atoms with Crippen LogP contribution < -0.4 is 5.73 Å². The quantitative estimate of drug-likeness (QED) is 0.527. The number of nitrogen functional groups attached to an aromatic ring is 1. The van der Waals surface area contributed by atoms with Gasteiger partial charge in [-0.1, -0.05) is 6.08 Å². The van der Waals surface area contributed by atoms with Crippen LogP contribution >= 0.6 is 0 Å². The molecule has 1 aromatic rings. The number of allylic oxidation sites excluding steroid dienone is 1. The molecule has 2 heteroatoms. The Morgan fingerprint density at radius 1 is 1.58 bits per heavy atom. The fourth-order valence-corrected chi connectivity index (χ4v) is 1.05. The zero-order valence-corrected chi connectivity index (χ0v) is 6.75. The van der Waals surface area contributed by atoms with E-state index in [1.165, 1.54) is 0 Å². The van der Waals surface area contributed by atoms with Gasteiger partial charge in [0.15, 0.2) is 0 Å². The highest BCUT2D eigenvalue weighted by Crippen LogP contribution is 2.13. The second kappa shape index (κ2) is 3.59.